The zero-order chi connectivity index (χ0) is 25.7. The van der Waals surface area contributed by atoms with Crippen LogP contribution in [0.2, 0.25) is 0 Å². The summed E-state index contributed by atoms with van der Waals surface area (Å²) in [5, 5.41) is 5.32. The second-order valence-corrected chi connectivity index (χ2v) is 12.8. The number of fused-ring (bicyclic) bond motifs is 1. The highest BCUT2D eigenvalue weighted by molar-refractivity contribution is 7.91. The molecule has 11 heteroatoms. The van der Waals surface area contributed by atoms with Gasteiger partial charge in [0, 0.05) is 18.7 Å². The van der Waals surface area contributed by atoms with Crippen LogP contribution in [-0.4, -0.2) is 48.9 Å². The lowest BCUT2D eigenvalue weighted by molar-refractivity contribution is -0.190. The summed E-state index contributed by atoms with van der Waals surface area (Å²) in [7, 11) is -2.09. The van der Waals surface area contributed by atoms with E-state index in [-0.39, 0.29) is 29.9 Å². The zero-order valence-electron chi connectivity index (χ0n) is 19.6. The number of anilines is 2. The first-order chi connectivity index (χ1) is 17.0. The fraction of sp³-hybridized carbons (Fsp3) is 0.440. The molecule has 5 rings (SSSR count). The fourth-order valence-corrected chi connectivity index (χ4v) is 7.37. The summed E-state index contributed by atoms with van der Waals surface area (Å²) < 4.78 is 66.8. The highest BCUT2D eigenvalue weighted by atomic mass is 32.2. The maximum atomic E-state index is 14.1. The molecule has 1 aliphatic carbocycles. The van der Waals surface area contributed by atoms with E-state index in [0.717, 1.165) is 35.8 Å². The van der Waals surface area contributed by atoms with Crippen LogP contribution in [0.4, 0.5) is 24.5 Å². The Morgan fingerprint density at radius 2 is 1.78 bits per heavy atom. The number of carbonyl (C=O) groups excluding carboxylic acids is 1. The first-order valence-electron chi connectivity index (χ1n) is 11.8. The number of pyridine rings is 1. The van der Waals surface area contributed by atoms with E-state index in [1.165, 1.54) is 17.7 Å². The van der Waals surface area contributed by atoms with Crippen LogP contribution in [-0.2, 0) is 14.6 Å². The minimum Gasteiger partial charge on any atom is -0.354 e. The quantitative estimate of drug-likeness (QED) is 0.430. The van der Waals surface area contributed by atoms with Gasteiger partial charge in [-0.3, -0.25) is 9.78 Å². The molecule has 2 aromatic heterocycles. The van der Waals surface area contributed by atoms with E-state index in [9.17, 15) is 26.4 Å². The van der Waals surface area contributed by atoms with Gasteiger partial charge in [0.25, 0.3) is 0 Å². The van der Waals surface area contributed by atoms with Crippen molar-refractivity contribution in [3.8, 4) is 0 Å². The van der Waals surface area contributed by atoms with E-state index in [1.54, 1.807) is 29.7 Å². The number of benzene rings is 1. The summed E-state index contributed by atoms with van der Waals surface area (Å²) in [4.78, 5) is 18.1. The zero-order valence-corrected chi connectivity index (χ0v) is 21.2. The Morgan fingerprint density at radius 1 is 1.11 bits per heavy atom. The smallest absolute Gasteiger partial charge is 0.354 e. The Balaban J connectivity index is 1.36. The van der Waals surface area contributed by atoms with Gasteiger partial charge in [-0.25, -0.2) is 8.42 Å². The molecule has 1 saturated carbocycles. The van der Waals surface area contributed by atoms with Crippen LogP contribution in [0.1, 0.15) is 48.8 Å². The van der Waals surface area contributed by atoms with Crippen molar-refractivity contribution in [2.45, 2.75) is 43.8 Å². The average Bonchev–Trinajstić information content (AvgIpc) is 3.54. The maximum Gasteiger partial charge on any atom is 0.413 e. The van der Waals surface area contributed by atoms with Crippen molar-refractivity contribution in [1.82, 2.24) is 9.88 Å². The summed E-state index contributed by atoms with van der Waals surface area (Å²) in [6, 6.07) is 5.77. The molecular weight excluding hydrogens is 511 g/mol. The molecular formula is C25H26F3N3O3S2. The SMILES string of the molecule is CN(C(=O)C1CCS(=O)(=O)CC1)[C@@H](c1ccc(Nc2cnc3ccsc3c2C2CC2)cc1)C(F)(F)F. The molecule has 1 amide bonds. The molecule has 192 valence electrons. The highest BCUT2D eigenvalue weighted by Crippen LogP contribution is 2.48. The first-order valence-corrected chi connectivity index (χ1v) is 14.5. The van der Waals surface area contributed by atoms with Crippen LogP contribution in [0.5, 0.6) is 0 Å². The van der Waals surface area contributed by atoms with Crippen molar-refractivity contribution < 1.29 is 26.4 Å². The van der Waals surface area contributed by atoms with Crippen molar-refractivity contribution in [1.29, 1.82) is 0 Å². The third-order valence-electron chi connectivity index (χ3n) is 6.95. The number of nitrogens with one attached hydrogen (secondary N) is 1. The molecule has 1 saturated heterocycles. The number of aromatic nitrogens is 1. The third-order valence-corrected chi connectivity index (χ3v) is 9.60. The second kappa shape index (κ2) is 9.33. The monoisotopic (exact) mass is 537 g/mol. The van der Waals surface area contributed by atoms with Crippen LogP contribution in [0.3, 0.4) is 0 Å². The number of halogens is 3. The van der Waals surface area contributed by atoms with Gasteiger partial charge >= 0.3 is 6.18 Å². The summed E-state index contributed by atoms with van der Waals surface area (Å²) >= 11 is 1.64. The number of amides is 1. The summed E-state index contributed by atoms with van der Waals surface area (Å²) in [6.07, 6.45) is -0.620. The number of alkyl halides is 3. The lowest BCUT2D eigenvalue weighted by Crippen LogP contribution is -2.44. The minimum absolute atomic E-state index is 0.0465. The van der Waals surface area contributed by atoms with E-state index in [0.29, 0.717) is 16.5 Å². The van der Waals surface area contributed by atoms with Crippen LogP contribution < -0.4 is 5.32 Å². The van der Waals surface area contributed by atoms with Gasteiger partial charge in [0.15, 0.2) is 6.04 Å². The van der Waals surface area contributed by atoms with Crippen molar-refractivity contribution >= 4 is 48.7 Å². The van der Waals surface area contributed by atoms with Gasteiger partial charge in [-0.05, 0) is 66.3 Å². The predicted octanol–water partition coefficient (Wildman–Crippen LogP) is 5.80. The predicted molar refractivity (Wildman–Crippen MR) is 134 cm³/mol. The van der Waals surface area contributed by atoms with E-state index in [1.807, 2.05) is 11.4 Å². The number of nitrogens with zero attached hydrogens (tertiary/aromatic N) is 2. The normalized spacial score (nSPS) is 19.2. The summed E-state index contributed by atoms with van der Waals surface area (Å²) in [6.45, 7) is 0. The molecule has 2 aliphatic rings. The number of hydrogen-bond acceptors (Lipinski definition) is 6. The third kappa shape index (κ3) is 5.08. The van der Waals surface area contributed by atoms with E-state index in [4.69, 9.17) is 0 Å². The molecule has 1 N–H and O–H groups in total. The molecule has 0 unspecified atom stereocenters. The largest absolute Gasteiger partial charge is 0.413 e. The Morgan fingerprint density at radius 3 is 2.39 bits per heavy atom. The van der Waals surface area contributed by atoms with Gasteiger partial charge in [0.1, 0.15) is 9.84 Å². The van der Waals surface area contributed by atoms with E-state index in [2.05, 4.69) is 10.3 Å². The van der Waals surface area contributed by atoms with Crippen LogP contribution in [0, 0.1) is 5.92 Å². The number of thiophene rings is 1. The van der Waals surface area contributed by atoms with E-state index >= 15 is 0 Å². The summed E-state index contributed by atoms with van der Waals surface area (Å²) in [5.74, 6) is -1.31. The van der Waals surface area contributed by atoms with Gasteiger partial charge < -0.3 is 10.2 Å². The van der Waals surface area contributed by atoms with Gasteiger partial charge in [0.05, 0.1) is 33.6 Å². The van der Waals surface area contributed by atoms with Crippen molar-refractivity contribution in [2.75, 3.05) is 23.9 Å². The van der Waals surface area contributed by atoms with E-state index < -0.39 is 33.9 Å². The molecule has 0 spiro atoms. The van der Waals surface area contributed by atoms with Crippen molar-refractivity contribution in [3.63, 3.8) is 0 Å². The van der Waals surface area contributed by atoms with Gasteiger partial charge in [-0.1, -0.05) is 12.1 Å². The van der Waals surface area contributed by atoms with Gasteiger partial charge in [0.2, 0.25) is 5.91 Å². The van der Waals surface area contributed by atoms with Gasteiger partial charge in [-0.15, -0.1) is 11.3 Å². The van der Waals surface area contributed by atoms with Gasteiger partial charge in [-0.2, -0.15) is 13.2 Å². The average molecular weight is 538 g/mol. The minimum atomic E-state index is -4.69. The second-order valence-electron chi connectivity index (χ2n) is 9.56. The number of rotatable bonds is 6. The number of carbonyl (C=O) groups is 1. The number of sulfone groups is 1. The molecule has 6 nitrogen and oxygen atoms in total. The standard InChI is InChI=1S/C25H26F3N3O3S2/c1-31(24(32)17-9-12-36(33,34)13-10-17)23(25(26,27)28)16-4-6-18(7-5-16)30-20-14-29-19-8-11-35-22(19)21(20)15-2-3-15/h4-8,11,14-15,17,23,30H,2-3,9-10,12-13H2,1H3/t23-/m0/s1. The first kappa shape index (κ1) is 25.0. The Hall–Kier alpha value is -2.66. The van der Waals surface area contributed by atoms with Crippen LogP contribution in [0.15, 0.2) is 41.9 Å². The molecule has 1 aliphatic heterocycles. The van der Waals surface area contributed by atoms with Crippen LogP contribution >= 0.6 is 11.3 Å². The Kier molecular flexibility index (Phi) is 6.48. The molecule has 1 aromatic carbocycles. The fourth-order valence-electron chi connectivity index (χ4n) is 4.90. The maximum absolute atomic E-state index is 14.1. The number of hydrogen-bond donors (Lipinski definition) is 1. The highest BCUT2D eigenvalue weighted by Gasteiger charge is 2.46. The molecule has 0 radical (unpaired) electrons. The van der Waals surface area contributed by atoms with Crippen molar-refractivity contribution in [3.05, 3.63) is 53.0 Å². The topological polar surface area (TPSA) is 79.4 Å². The molecule has 3 aromatic rings. The molecule has 36 heavy (non-hydrogen) atoms. The van der Waals surface area contributed by atoms with Crippen LogP contribution in [0.25, 0.3) is 10.2 Å². The molecule has 2 fully saturated rings. The lowest BCUT2D eigenvalue weighted by atomic mass is 9.98. The summed E-state index contributed by atoms with van der Waals surface area (Å²) in [5.41, 5.74) is 3.57. The lowest BCUT2D eigenvalue weighted by Gasteiger charge is -2.34. The Labute approximate surface area is 211 Å². The molecule has 1 atom stereocenters. The van der Waals surface area contributed by atoms with Crippen molar-refractivity contribution in [2.24, 2.45) is 5.92 Å². The molecule has 3 heterocycles. The molecule has 0 bridgehead atoms. The Bertz CT molecular complexity index is 1370.